The second-order valence-electron chi connectivity index (χ2n) is 4.56. The van der Waals surface area contributed by atoms with Crippen LogP contribution in [0.2, 0.25) is 5.02 Å². The monoisotopic (exact) mass is 332 g/mol. The van der Waals surface area contributed by atoms with E-state index in [0.717, 1.165) is 17.7 Å². The van der Waals surface area contributed by atoms with Crippen LogP contribution in [-0.4, -0.2) is 4.21 Å². The first-order valence-electron chi connectivity index (χ1n) is 6.10. The molecule has 2 aromatic carbocycles. The molecule has 0 saturated carbocycles. The van der Waals surface area contributed by atoms with Crippen molar-refractivity contribution in [1.29, 1.82) is 0 Å². The van der Waals surface area contributed by atoms with Gasteiger partial charge in [-0.25, -0.2) is 0 Å². The second kappa shape index (κ2) is 6.62. The molecule has 1 nitrogen and oxygen atoms in total. The Bertz CT molecular complexity index is 655. The molecule has 0 radical (unpaired) electrons. The van der Waals surface area contributed by atoms with Crippen molar-refractivity contribution in [3.05, 3.63) is 70.2 Å². The van der Waals surface area contributed by atoms with Crippen LogP contribution < -0.4 is 0 Å². The molecular weight excluding hydrogens is 321 g/mol. The highest BCUT2D eigenvalue weighted by Gasteiger charge is 2.30. The number of alkyl halides is 3. The standard InChI is InChI=1S/C15H12ClF3OS/c16-14-6-2-4-12(8-14)10-21(20)9-11-3-1-5-13(7-11)15(17,18)19/h1-8H,9-10H2/t21-/m1/s1. The molecule has 2 aromatic rings. The molecule has 0 saturated heterocycles. The number of hydrogen-bond donors (Lipinski definition) is 0. The van der Waals surface area contributed by atoms with Gasteiger partial charge >= 0.3 is 6.18 Å². The van der Waals surface area contributed by atoms with Crippen LogP contribution in [0.4, 0.5) is 13.2 Å². The van der Waals surface area contributed by atoms with Crippen molar-refractivity contribution in [2.24, 2.45) is 0 Å². The zero-order valence-electron chi connectivity index (χ0n) is 10.9. The molecule has 112 valence electrons. The molecule has 2 rings (SSSR count). The highest BCUT2D eigenvalue weighted by atomic mass is 35.5. The van der Waals surface area contributed by atoms with Crippen LogP contribution in [0.15, 0.2) is 48.5 Å². The van der Waals surface area contributed by atoms with Gasteiger partial charge in [-0.2, -0.15) is 13.2 Å². The minimum absolute atomic E-state index is 0.0798. The molecule has 0 amide bonds. The lowest BCUT2D eigenvalue weighted by molar-refractivity contribution is -0.137. The summed E-state index contributed by atoms with van der Waals surface area (Å²) in [5.74, 6) is 0.341. The van der Waals surface area contributed by atoms with Gasteiger partial charge in [0.15, 0.2) is 0 Å². The van der Waals surface area contributed by atoms with Gasteiger partial charge in [-0.05, 0) is 29.3 Å². The Hall–Kier alpha value is -1.33. The third-order valence-electron chi connectivity index (χ3n) is 2.80. The Morgan fingerprint density at radius 3 is 2.10 bits per heavy atom. The average Bonchev–Trinajstić information content (AvgIpc) is 2.37. The number of hydrogen-bond acceptors (Lipinski definition) is 1. The summed E-state index contributed by atoms with van der Waals surface area (Å²) in [6, 6.07) is 11.9. The van der Waals surface area contributed by atoms with Crippen LogP contribution in [-0.2, 0) is 28.5 Å². The molecule has 0 spiro atoms. The van der Waals surface area contributed by atoms with Crippen LogP contribution in [0, 0.1) is 0 Å². The molecule has 0 bridgehead atoms. The van der Waals surface area contributed by atoms with Crippen molar-refractivity contribution >= 4 is 22.4 Å². The summed E-state index contributed by atoms with van der Waals surface area (Å²) >= 11 is 5.84. The largest absolute Gasteiger partial charge is 0.416 e. The van der Waals surface area contributed by atoms with E-state index in [1.807, 2.05) is 0 Å². The van der Waals surface area contributed by atoms with Gasteiger partial charge in [0.1, 0.15) is 0 Å². The summed E-state index contributed by atoms with van der Waals surface area (Å²) in [4.78, 5) is 0. The molecule has 1 atom stereocenters. The predicted octanol–water partition coefficient (Wildman–Crippen LogP) is 4.81. The van der Waals surface area contributed by atoms with Crippen LogP contribution in [0.1, 0.15) is 16.7 Å². The molecule has 6 heteroatoms. The van der Waals surface area contributed by atoms with E-state index in [1.54, 1.807) is 30.3 Å². The molecule has 0 heterocycles. The van der Waals surface area contributed by atoms with Gasteiger partial charge in [0.2, 0.25) is 0 Å². The summed E-state index contributed by atoms with van der Waals surface area (Å²) in [7, 11) is -1.29. The van der Waals surface area contributed by atoms with Gasteiger partial charge < -0.3 is 0 Å². The summed E-state index contributed by atoms with van der Waals surface area (Å²) in [5, 5.41) is 0.545. The first kappa shape index (κ1) is 16.0. The van der Waals surface area contributed by atoms with Gasteiger partial charge in [0.25, 0.3) is 0 Å². The zero-order chi connectivity index (χ0) is 15.5. The molecule has 0 fully saturated rings. The Balaban J connectivity index is 2.06. The van der Waals surface area contributed by atoms with Crippen molar-refractivity contribution in [1.82, 2.24) is 0 Å². The van der Waals surface area contributed by atoms with Crippen molar-refractivity contribution in [2.45, 2.75) is 17.7 Å². The Kier molecular flexibility index (Phi) is 5.06. The lowest BCUT2D eigenvalue weighted by atomic mass is 10.1. The lowest BCUT2D eigenvalue weighted by Crippen LogP contribution is -2.06. The summed E-state index contributed by atoms with van der Waals surface area (Å²) in [5.41, 5.74) is 0.484. The SMILES string of the molecule is O=[S@@](Cc1cccc(Cl)c1)Cc1cccc(C(F)(F)F)c1. The molecule has 0 aromatic heterocycles. The van der Waals surface area contributed by atoms with Crippen LogP contribution in [0.5, 0.6) is 0 Å². The number of halogens is 4. The summed E-state index contributed by atoms with van der Waals surface area (Å²) < 4.78 is 49.9. The molecule has 0 N–H and O–H groups in total. The number of benzene rings is 2. The fourth-order valence-corrected chi connectivity index (χ4v) is 3.30. The van der Waals surface area contributed by atoms with E-state index in [2.05, 4.69) is 0 Å². The van der Waals surface area contributed by atoms with Gasteiger partial charge in [-0.15, -0.1) is 0 Å². The number of rotatable bonds is 4. The predicted molar refractivity (Wildman–Crippen MR) is 78.4 cm³/mol. The summed E-state index contributed by atoms with van der Waals surface area (Å²) in [6.45, 7) is 0. The fourth-order valence-electron chi connectivity index (χ4n) is 1.89. The Labute approximate surface area is 128 Å². The Morgan fingerprint density at radius 1 is 0.952 bits per heavy atom. The maximum absolute atomic E-state index is 12.6. The first-order chi connectivity index (χ1) is 9.84. The topological polar surface area (TPSA) is 17.1 Å². The molecule has 0 aliphatic rings. The Morgan fingerprint density at radius 2 is 1.52 bits per heavy atom. The molecule has 0 aliphatic carbocycles. The van der Waals surface area contributed by atoms with Crippen LogP contribution in [0.3, 0.4) is 0 Å². The van der Waals surface area contributed by atoms with E-state index in [-0.39, 0.29) is 11.5 Å². The van der Waals surface area contributed by atoms with Gasteiger partial charge in [0, 0.05) is 27.3 Å². The van der Waals surface area contributed by atoms with Crippen molar-refractivity contribution in [3.63, 3.8) is 0 Å². The lowest BCUT2D eigenvalue weighted by Gasteiger charge is -2.09. The third-order valence-corrected chi connectivity index (χ3v) is 4.34. The van der Waals surface area contributed by atoms with E-state index >= 15 is 0 Å². The quantitative estimate of drug-likeness (QED) is 0.785. The van der Waals surface area contributed by atoms with Crippen LogP contribution in [0.25, 0.3) is 0 Å². The van der Waals surface area contributed by atoms with Crippen molar-refractivity contribution in [3.8, 4) is 0 Å². The maximum Gasteiger partial charge on any atom is 0.416 e. The smallest absolute Gasteiger partial charge is 0.259 e. The minimum atomic E-state index is -4.38. The molecular formula is C15H12ClF3OS. The fraction of sp³-hybridized carbons (Fsp3) is 0.200. The second-order valence-corrected chi connectivity index (χ2v) is 6.45. The van der Waals surface area contributed by atoms with E-state index in [4.69, 9.17) is 11.6 Å². The molecule has 0 unspecified atom stereocenters. The minimum Gasteiger partial charge on any atom is -0.259 e. The van der Waals surface area contributed by atoms with E-state index in [9.17, 15) is 17.4 Å². The maximum atomic E-state index is 12.6. The van der Waals surface area contributed by atoms with Gasteiger partial charge in [-0.3, -0.25) is 4.21 Å². The van der Waals surface area contributed by atoms with Gasteiger partial charge in [-0.1, -0.05) is 41.9 Å². The highest BCUT2D eigenvalue weighted by Crippen LogP contribution is 2.29. The third kappa shape index (κ3) is 4.86. The van der Waals surface area contributed by atoms with E-state index < -0.39 is 22.5 Å². The van der Waals surface area contributed by atoms with Crippen LogP contribution >= 0.6 is 11.6 Å². The molecule has 21 heavy (non-hydrogen) atoms. The van der Waals surface area contributed by atoms with Crippen molar-refractivity contribution < 1.29 is 17.4 Å². The van der Waals surface area contributed by atoms with Gasteiger partial charge in [0.05, 0.1) is 5.56 Å². The highest BCUT2D eigenvalue weighted by molar-refractivity contribution is 7.83. The van der Waals surface area contributed by atoms with E-state index in [0.29, 0.717) is 10.6 Å². The molecule has 0 aliphatic heterocycles. The normalized spacial score (nSPS) is 13.1. The first-order valence-corrected chi connectivity index (χ1v) is 7.97. The summed E-state index contributed by atoms with van der Waals surface area (Å²) in [6.07, 6.45) is -4.38. The zero-order valence-corrected chi connectivity index (χ0v) is 12.4. The van der Waals surface area contributed by atoms with E-state index in [1.165, 1.54) is 6.07 Å². The van der Waals surface area contributed by atoms with Crippen molar-refractivity contribution in [2.75, 3.05) is 0 Å². The average molecular weight is 333 g/mol.